The molecular formula is C10H12BNO3. The Morgan fingerprint density at radius 3 is 2.27 bits per heavy atom. The molecule has 0 heterocycles. The summed E-state index contributed by atoms with van der Waals surface area (Å²) in [5.41, 5.74) is 6.80. The van der Waals surface area contributed by atoms with E-state index in [9.17, 15) is 9.59 Å². The molecule has 15 heavy (non-hydrogen) atoms. The predicted octanol–water partition coefficient (Wildman–Crippen LogP) is -0.586. The first-order chi connectivity index (χ1) is 7.00. The summed E-state index contributed by atoms with van der Waals surface area (Å²) in [5, 5.41) is 8.61. The third-order valence-electron chi connectivity index (χ3n) is 2.13. The van der Waals surface area contributed by atoms with Crippen molar-refractivity contribution in [3.05, 3.63) is 35.4 Å². The minimum absolute atomic E-state index is 0.0101. The van der Waals surface area contributed by atoms with Crippen LogP contribution in [0.5, 0.6) is 0 Å². The van der Waals surface area contributed by atoms with Gasteiger partial charge in [0.05, 0.1) is 0 Å². The molecule has 1 aromatic rings. The van der Waals surface area contributed by atoms with E-state index < -0.39 is 12.0 Å². The highest BCUT2D eigenvalue weighted by Gasteiger charge is 2.11. The summed E-state index contributed by atoms with van der Waals surface area (Å²) in [6, 6.07) is 5.89. The molecule has 0 aliphatic heterocycles. The van der Waals surface area contributed by atoms with Crippen molar-refractivity contribution in [1.29, 1.82) is 0 Å². The Kier molecular flexibility index (Phi) is 3.63. The molecule has 0 aromatic heterocycles. The van der Waals surface area contributed by atoms with Gasteiger partial charge < -0.3 is 15.6 Å². The third kappa shape index (κ3) is 3.21. The summed E-state index contributed by atoms with van der Waals surface area (Å²) in [7, 11) is 1.48. The van der Waals surface area contributed by atoms with Gasteiger partial charge >= 0.3 is 5.97 Å². The molecule has 0 saturated carbocycles. The summed E-state index contributed by atoms with van der Waals surface area (Å²) >= 11 is 0. The Balaban J connectivity index is 2.72. The summed E-state index contributed by atoms with van der Waals surface area (Å²) < 4.78 is 0. The van der Waals surface area contributed by atoms with Crippen LogP contribution in [0.3, 0.4) is 0 Å². The van der Waals surface area contributed by atoms with E-state index >= 15 is 0 Å². The van der Waals surface area contributed by atoms with Crippen LogP contribution in [-0.4, -0.2) is 30.6 Å². The lowest BCUT2D eigenvalue weighted by Crippen LogP contribution is -2.32. The van der Waals surface area contributed by atoms with Gasteiger partial charge in [-0.05, 0) is 12.0 Å². The number of carbonyl (C=O) groups excluding carboxylic acids is 1. The quantitative estimate of drug-likeness (QED) is 0.644. The maximum Gasteiger partial charge on any atom is 0.320 e. The number of carboxylic acid groups (broad SMARTS) is 1. The van der Waals surface area contributed by atoms with E-state index in [2.05, 4.69) is 0 Å². The Bertz CT molecular complexity index is 375. The second-order valence-corrected chi connectivity index (χ2v) is 3.40. The van der Waals surface area contributed by atoms with Gasteiger partial charge in [-0.1, -0.05) is 24.3 Å². The molecular weight excluding hydrogens is 193 g/mol. The van der Waals surface area contributed by atoms with E-state index in [1.54, 1.807) is 24.3 Å². The highest BCUT2D eigenvalue weighted by Crippen LogP contribution is 2.06. The molecule has 1 atom stereocenters. The van der Waals surface area contributed by atoms with E-state index in [1.165, 1.54) is 7.85 Å². The molecule has 0 unspecified atom stereocenters. The van der Waals surface area contributed by atoms with Crippen LogP contribution in [0, 0.1) is 0 Å². The van der Waals surface area contributed by atoms with Gasteiger partial charge in [0.1, 0.15) is 11.7 Å². The van der Waals surface area contributed by atoms with Crippen LogP contribution in [0.25, 0.3) is 0 Å². The first-order valence-electron chi connectivity index (χ1n) is 4.59. The number of benzene rings is 1. The number of hydrogen-bond acceptors (Lipinski definition) is 3. The van der Waals surface area contributed by atoms with E-state index in [0.717, 1.165) is 5.56 Å². The van der Waals surface area contributed by atoms with Crippen molar-refractivity contribution in [1.82, 2.24) is 0 Å². The fourth-order valence-electron chi connectivity index (χ4n) is 1.22. The SMILES string of the molecule is BC(=O)c1ccc(C[C@H](N)C(=O)O)cc1. The van der Waals surface area contributed by atoms with Gasteiger partial charge in [0.2, 0.25) is 0 Å². The summed E-state index contributed by atoms with van der Waals surface area (Å²) in [4.78, 5) is 21.5. The van der Waals surface area contributed by atoms with Crippen molar-refractivity contribution in [2.45, 2.75) is 12.5 Å². The van der Waals surface area contributed by atoms with Crippen LogP contribution < -0.4 is 5.73 Å². The van der Waals surface area contributed by atoms with Gasteiger partial charge in [-0.3, -0.25) is 4.79 Å². The Morgan fingerprint density at radius 2 is 1.87 bits per heavy atom. The average Bonchev–Trinajstić information content (AvgIpc) is 2.18. The van der Waals surface area contributed by atoms with Crippen molar-refractivity contribution in [3.63, 3.8) is 0 Å². The highest BCUT2D eigenvalue weighted by atomic mass is 16.4. The Labute approximate surface area is 88.5 Å². The highest BCUT2D eigenvalue weighted by molar-refractivity contribution is 6.62. The number of carboxylic acids is 1. The minimum atomic E-state index is -1.02. The van der Waals surface area contributed by atoms with Gasteiger partial charge in [0.25, 0.3) is 0 Å². The first-order valence-corrected chi connectivity index (χ1v) is 4.59. The molecule has 0 amide bonds. The molecule has 0 spiro atoms. The molecule has 78 valence electrons. The maximum atomic E-state index is 11.0. The van der Waals surface area contributed by atoms with Crippen LogP contribution in [-0.2, 0) is 11.2 Å². The second kappa shape index (κ2) is 4.75. The van der Waals surface area contributed by atoms with Crippen molar-refractivity contribution in [2.75, 3.05) is 0 Å². The summed E-state index contributed by atoms with van der Waals surface area (Å²) in [5.74, 6) is -1.02. The molecule has 0 fully saturated rings. The smallest absolute Gasteiger partial charge is 0.320 e. The number of nitrogens with two attached hydrogens (primary N) is 1. The van der Waals surface area contributed by atoms with E-state index in [-0.39, 0.29) is 12.1 Å². The monoisotopic (exact) mass is 205 g/mol. The molecule has 3 N–H and O–H groups in total. The second-order valence-electron chi connectivity index (χ2n) is 3.40. The molecule has 1 rings (SSSR count). The van der Waals surface area contributed by atoms with E-state index in [4.69, 9.17) is 10.8 Å². The largest absolute Gasteiger partial charge is 0.480 e. The molecule has 0 radical (unpaired) electrons. The zero-order valence-corrected chi connectivity index (χ0v) is 8.43. The number of aliphatic carboxylic acids is 1. The third-order valence-corrected chi connectivity index (χ3v) is 2.13. The molecule has 4 nitrogen and oxygen atoms in total. The topological polar surface area (TPSA) is 80.4 Å². The van der Waals surface area contributed by atoms with Crippen molar-refractivity contribution in [2.24, 2.45) is 5.73 Å². The number of rotatable bonds is 4. The molecule has 0 aliphatic rings. The van der Waals surface area contributed by atoms with Gasteiger partial charge in [0.15, 0.2) is 7.85 Å². The first kappa shape index (κ1) is 11.5. The van der Waals surface area contributed by atoms with Crippen LogP contribution in [0.4, 0.5) is 0 Å². The van der Waals surface area contributed by atoms with Crippen molar-refractivity contribution >= 4 is 19.5 Å². The molecule has 0 bridgehead atoms. The molecule has 0 aliphatic carbocycles. The van der Waals surface area contributed by atoms with Crippen molar-refractivity contribution in [3.8, 4) is 0 Å². The van der Waals surface area contributed by atoms with Crippen LogP contribution in [0.15, 0.2) is 24.3 Å². The lowest BCUT2D eigenvalue weighted by molar-refractivity contribution is -0.138. The normalized spacial score (nSPS) is 12.1. The standard InChI is InChI=1S/C10H12BNO3/c11-9(13)7-3-1-6(2-4-7)5-8(12)10(14)15/h1-4,8H,5,11-12H2,(H,14,15)/t8-/m0/s1. The van der Waals surface area contributed by atoms with E-state index in [0.29, 0.717) is 5.56 Å². The summed E-state index contributed by atoms with van der Waals surface area (Å²) in [6.45, 7) is 0. The molecule has 1 aromatic carbocycles. The van der Waals surface area contributed by atoms with Gasteiger partial charge in [-0.25, -0.2) is 0 Å². The van der Waals surface area contributed by atoms with Gasteiger partial charge in [-0.2, -0.15) is 0 Å². The summed E-state index contributed by atoms with van der Waals surface area (Å²) in [6.07, 6.45) is 0.271. The lowest BCUT2D eigenvalue weighted by Gasteiger charge is -2.06. The van der Waals surface area contributed by atoms with Gasteiger partial charge in [-0.15, -0.1) is 0 Å². The zero-order valence-electron chi connectivity index (χ0n) is 8.43. The van der Waals surface area contributed by atoms with Crippen LogP contribution in [0.1, 0.15) is 15.9 Å². The zero-order chi connectivity index (χ0) is 11.4. The Morgan fingerprint density at radius 1 is 1.33 bits per heavy atom. The maximum absolute atomic E-state index is 11.0. The molecule has 0 saturated heterocycles. The average molecular weight is 205 g/mol. The number of carbonyl (C=O) groups is 2. The van der Waals surface area contributed by atoms with Crippen molar-refractivity contribution < 1.29 is 14.7 Å². The fourth-order valence-corrected chi connectivity index (χ4v) is 1.22. The lowest BCUT2D eigenvalue weighted by atomic mass is 9.93. The minimum Gasteiger partial charge on any atom is -0.480 e. The predicted molar refractivity (Wildman–Crippen MR) is 58.6 cm³/mol. The van der Waals surface area contributed by atoms with E-state index in [1.807, 2.05) is 0 Å². The molecule has 5 heteroatoms. The fraction of sp³-hybridized carbons (Fsp3) is 0.200. The van der Waals surface area contributed by atoms with Gasteiger partial charge in [0, 0.05) is 5.56 Å². The van der Waals surface area contributed by atoms with Crippen LogP contribution >= 0.6 is 0 Å². The number of hydrogen-bond donors (Lipinski definition) is 2. The Hall–Kier alpha value is -1.62. The van der Waals surface area contributed by atoms with Crippen LogP contribution in [0.2, 0.25) is 0 Å².